The molecule has 0 saturated heterocycles. The minimum atomic E-state index is -0.401. The predicted octanol–water partition coefficient (Wildman–Crippen LogP) is 3.64. The van der Waals surface area contributed by atoms with Gasteiger partial charge in [0.15, 0.2) is 0 Å². The van der Waals surface area contributed by atoms with Crippen LogP contribution in [0.2, 0.25) is 0 Å². The van der Waals surface area contributed by atoms with Crippen LogP contribution in [0.4, 0.5) is 10.5 Å². The minimum Gasteiger partial charge on any atom is -0.462 e. The molecule has 3 rings (SSSR count). The average molecular weight is 441 g/mol. The van der Waals surface area contributed by atoms with Crippen molar-refractivity contribution < 1.29 is 19.1 Å². The number of aryl methyl sites for hydroxylation is 1. The summed E-state index contributed by atoms with van der Waals surface area (Å²) in [5.74, 6) is -0.447. The Hall–Kier alpha value is -3.29. The highest BCUT2D eigenvalue weighted by atomic mass is 16.5. The topological polar surface area (TPSA) is 83.9 Å². The van der Waals surface area contributed by atoms with Crippen LogP contribution in [-0.2, 0) is 23.1 Å². The summed E-state index contributed by atoms with van der Waals surface area (Å²) < 4.78 is 6.99. The molecule has 8 nitrogen and oxygen atoms in total. The lowest BCUT2D eigenvalue weighted by Crippen LogP contribution is -2.45. The van der Waals surface area contributed by atoms with Crippen molar-refractivity contribution in [2.24, 2.45) is 7.05 Å². The summed E-state index contributed by atoms with van der Waals surface area (Å²) in [4.78, 5) is 41.2. The van der Waals surface area contributed by atoms with E-state index in [1.807, 2.05) is 41.8 Å². The van der Waals surface area contributed by atoms with Crippen LogP contribution in [0.25, 0.3) is 0 Å². The van der Waals surface area contributed by atoms with Crippen molar-refractivity contribution >= 4 is 23.6 Å². The number of carbonyl (C=O) groups excluding carboxylic acids is 3. The van der Waals surface area contributed by atoms with Crippen LogP contribution >= 0.6 is 0 Å². The van der Waals surface area contributed by atoms with E-state index in [4.69, 9.17) is 4.74 Å². The van der Waals surface area contributed by atoms with Crippen LogP contribution in [0, 0.1) is 0 Å². The van der Waals surface area contributed by atoms with Crippen LogP contribution in [-0.4, -0.2) is 58.0 Å². The summed E-state index contributed by atoms with van der Waals surface area (Å²) in [6.07, 6.45) is 4.71. The van der Waals surface area contributed by atoms with Gasteiger partial charge in [-0.25, -0.2) is 9.59 Å². The Morgan fingerprint density at radius 2 is 1.84 bits per heavy atom. The molecule has 0 unspecified atom stereocenters. The second-order valence-electron chi connectivity index (χ2n) is 8.01. The maximum Gasteiger partial charge on any atom is 0.338 e. The van der Waals surface area contributed by atoms with Crippen LogP contribution in [0.15, 0.2) is 42.6 Å². The Morgan fingerprint density at radius 1 is 1.12 bits per heavy atom. The molecule has 2 aromatic rings. The molecule has 0 aliphatic heterocycles. The van der Waals surface area contributed by atoms with E-state index < -0.39 is 5.97 Å². The number of urea groups is 1. The third-order valence-corrected chi connectivity index (χ3v) is 5.45. The molecule has 172 valence electrons. The van der Waals surface area contributed by atoms with E-state index in [0.29, 0.717) is 30.9 Å². The van der Waals surface area contributed by atoms with E-state index in [1.54, 1.807) is 36.1 Å². The Labute approximate surface area is 189 Å². The quantitative estimate of drug-likeness (QED) is 0.572. The van der Waals surface area contributed by atoms with Gasteiger partial charge in [-0.05, 0) is 62.6 Å². The summed E-state index contributed by atoms with van der Waals surface area (Å²) in [6.45, 7) is 5.08. The van der Waals surface area contributed by atoms with E-state index in [2.05, 4.69) is 5.32 Å². The van der Waals surface area contributed by atoms with E-state index in [0.717, 1.165) is 25.0 Å². The number of benzene rings is 1. The monoisotopic (exact) mass is 440 g/mol. The molecule has 1 aliphatic rings. The maximum absolute atomic E-state index is 13.1. The number of ether oxygens (including phenoxy) is 1. The lowest BCUT2D eigenvalue weighted by atomic mass is 10.2. The van der Waals surface area contributed by atoms with Crippen molar-refractivity contribution in [2.45, 2.75) is 45.7 Å². The van der Waals surface area contributed by atoms with E-state index in [-0.39, 0.29) is 24.5 Å². The molecule has 0 atom stereocenters. The fraction of sp³-hybridized carbons (Fsp3) is 0.458. The van der Waals surface area contributed by atoms with Gasteiger partial charge in [-0.2, -0.15) is 0 Å². The molecule has 3 amide bonds. The molecule has 0 bridgehead atoms. The van der Waals surface area contributed by atoms with Gasteiger partial charge >= 0.3 is 12.0 Å². The van der Waals surface area contributed by atoms with E-state index in [9.17, 15) is 14.4 Å². The van der Waals surface area contributed by atoms with Crippen LogP contribution in [0.1, 0.15) is 49.2 Å². The number of rotatable bonds is 10. The Bertz CT molecular complexity index is 934. The zero-order chi connectivity index (χ0) is 23.1. The van der Waals surface area contributed by atoms with Crippen molar-refractivity contribution in [3.63, 3.8) is 0 Å². The second kappa shape index (κ2) is 10.8. The molecular weight excluding hydrogens is 408 g/mol. The van der Waals surface area contributed by atoms with Crippen molar-refractivity contribution in [1.82, 2.24) is 14.4 Å². The van der Waals surface area contributed by atoms with Gasteiger partial charge in [0.25, 0.3) is 0 Å². The third-order valence-electron chi connectivity index (χ3n) is 5.45. The van der Waals surface area contributed by atoms with E-state index in [1.165, 1.54) is 0 Å². The zero-order valence-electron chi connectivity index (χ0n) is 19.0. The summed E-state index contributed by atoms with van der Waals surface area (Å²) in [5, 5.41) is 2.83. The molecule has 1 fully saturated rings. The highest BCUT2D eigenvalue weighted by molar-refractivity contribution is 5.94. The van der Waals surface area contributed by atoms with Crippen molar-refractivity contribution in [1.29, 1.82) is 0 Å². The molecule has 1 aromatic carbocycles. The molecule has 1 aromatic heterocycles. The van der Waals surface area contributed by atoms with Gasteiger partial charge < -0.3 is 24.4 Å². The summed E-state index contributed by atoms with van der Waals surface area (Å²) in [7, 11) is 1.97. The fourth-order valence-electron chi connectivity index (χ4n) is 3.53. The fourth-order valence-corrected chi connectivity index (χ4v) is 3.53. The highest BCUT2D eigenvalue weighted by Crippen LogP contribution is 2.28. The molecule has 8 heteroatoms. The molecule has 1 aliphatic carbocycles. The number of hydrogen-bond acceptors (Lipinski definition) is 4. The summed E-state index contributed by atoms with van der Waals surface area (Å²) >= 11 is 0. The molecule has 1 N–H and O–H groups in total. The minimum absolute atomic E-state index is 0.0293. The molecule has 0 spiro atoms. The van der Waals surface area contributed by atoms with Gasteiger partial charge in [-0.15, -0.1) is 0 Å². The normalized spacial score (nSPS) is 12.8. The largest absolute Gasteiger partial charge is 0.462 e. The smallest absolute Gasteiger partial charge is 0.338 e. The first-order chi connectivity index (χ1) is 15.4. The van der Waals surface area contributed by atoms with Crippen LogP contribution in [0.3, 0.4) is 0 Å². The maximum atomic E-state index is 13.1. The Morgan fingerprint density at radius 3 is 2.41 bits per heavy atom. The average Bonchev–Trinajstić information content (AvgIpc) is 3.53. The SMILES string of the molecule is CCCN(CC(=O)N(Cc1cccn1C)C1CC1)C(=O)Nc1ccc(C(=O)OCC)cc1. The molecule has 1 saturated carbocycles. The van der Waals surface area contributed by atoms with Gasteiger partial charge in [-0.3, -0.25) is 4.79 Å². The van der Waals surface area contributed by atoms with Crippen LogP contribution in [0.5, 0.6) is 0 Å². The van der Waals surface area contributed by atoms with Gasteiger partial charge in [0.05, 0.1) is 18.7 Å². The van der Waals surface area contributed by atoms with Gasteiger partial charge in [-0.1, -0.05) is 6.92 Å². The van der Waals surface area contributed by atoms with Gasteiger partial charge in [0, 0.05) is 37.2 Å². The van der Waals surface area contributed by atoms with E-state index >= 15 is 0 Å². The molecular formula is C24H32N4O4. The van der Waals surface area contributed by atoms with Gasteiger partial charge in [0.2, 0.25) is 5.91 Å². The van der Waals surface area contributed by atoms with Crippen molar-refractivity contribution in [3.05, 3.63) is 53.9 Å². The predicted molar refractivity (Wildman–Crippen MR) is 122 cm³/mol. The standard InChI is InChI=1S/C24H32N4O4/c1-4-14-27(24(31)25-19-10-8-18(9-11-19)23(30)32-5-2)17-22(29)28(20-12-13-20)16-21-7-6-15-26(21)3/h6-11,15,20H,4-5,12-14,16-17H2,1-3H3,(H,25,31). The first-order valence-electron chi connectivity index (χ1n) is 11.2. The number of aromatic nitrogens is 1. The molecule has 32 heavy (non-hydrogen) atoms. The molecule has 1 heterocycles. The first-order valence-corrected chi connectivity index (χ1v) is 11.2. The number of nitrogens with one attached hydrogen (secondary N) is 1. The first kappa shape index (κ1) is 23.4. The van der Waals surface area contributed by atoms with Crippen molar-refractivity contribution in [2.75, 3.05) is 25.0 Å². The number of anilines is 1. The Balaban J connectivity index is 1.63. The Kier molecular flexibility index (Phi) is 7.92. The lowest BCUT2D eigenvalue weighted by Gasteiger charge is -2.28. The van der Waals surface area contributed by atoms with Crippen LogP contribution < -0.4 is 5.32 Å². The second-order valence-corrected chi connectivity index (χ2v) is 8.01. The zero-order valence-corrected chi connectivity index (χ0v) is 19.0. The number of hydrogen-bond donors (Lipinski definition) is 1. The number of amides is 3. The molecule has 0 radical (unpaired) electrons. The van der Waals surface area contributed by atoms with Gasteiger partial charge in [0.1, 0.15) is 6.54 Å². The number of nitrogens with zero attached hydrogens (tertiary/aromatic N) is 3. The summed E-state index contributed by atoms with van der Waals surface area (Å²) in [5.41, 5.74) is 2.05. The summed E-state index contributed by atoms with van der Waals surface area (Å²) in [6, 6.07) is 10.4. The number of esters is 1. The lowest BCUT2D eigenvalue weighted by molar-refractivity contribution is -0.133. The third kappa shape index (κ3) is 6.12. The highest BCUT2D eigenvalue weighted by Gasteiger charge is 2.34. The van der Waals surface area contributed by atoms with Crippen molar-refractivity contribution in [3.8, 4) is 0 Å². The number of carbonyl (C=O) groups is 3.